The molecule has 0 unspecified atom stereocenters. The summed E-state index contributed by atoms with van der Waals surface area (Å²) in [5.74, 6) is -0.692. The molecule has 2 amide bonds. The molecular weight excluding hydrogens is 444 g/mol. The van der Waals surface area contributed by atoms with Crippen LogP contribution in [0, 0.1) is 17.2 Å². The van der Waals surface area contributed by atoms with Crippen molar-refractivity contribution in [1.82, 2.24) is 9.80 Å². The average molecular weight is 467 g/mol. The Morgan fingerprint density at radius 2 is 1.70 bits per heavy atom. The fraction of sp³-hybridized carbons (Fsp3) is 0.348. The fourth-order valence-electron chi connectivity index (χ4n) is 5.45. The van der Waals surface area contributed by atoms with E-state index in [-0.39, 0.29) is 41.6 Å². The van der Waals surface area contributed by atoms with E-state index in [1.165, 1.54) is 4.90 Å². The van der Waals surface area contributed by atoms with Crippen molar-refractivity contribution in [3.63, 3.8) is 0 Å². The molecule has 154 valence electrons. The summed E-state index contributed by atoms with van der Waals surface area (Å²) in [4.78, 5) is 30.6. The Morgan fingerprint density at radius 3 is 2.37 bits per heavy atom. The number of hydrogen-bond acceptors (Lipinski definition) is 4. The average Bonchev–Trinajstić information content (AvgIpc) is 3.38. The van der Waals surface area contributed by atoms with Gasteiger partial charge in [-0.25, -0.2) is 0 Å². The summed E-state index contributed by atoms with van der Waals surface area (Å²) in [6.07, 6.45) is 2.00. The van der Waals surface area contributed by atoms with E-state index in [0.717, 1.165) is 35.0 Å². The van der Waals surface area contributed by atoms with E-state index in [9.17, 15) is 9.59 Å². The maximum absolute atomic E-state index is 13.5. The van der Waals surface area contributed by atoms with Crippen LogP contribution in [0.2, 0.25) is 0 Å². The minimum absolute atomic E-state index is 0.0256. The van der Waals surface area contributed by atoms with Crippen LogP contribution in [0.15, 0.2) is 53.0 Å². The van der Waals surface area contributed by atoms with E-state index < -0.39 is 0 Å². The second-order valence-electron chi connectivity index (χ2n) is 8.37. The van der Waals surface area contributed by atoms with Crippen LogP contribution in [0.3, 0.4) is 0 Å². The third kappa shape index (κ3) is 2.99. The van der Waals surface area contributed by atoms with Crippen LogP contribution >= 0.6 is 15.9 Å². The first-order valence-electron chi connectivity index (χ1n) is 10.3. The lowest BCUT2D eigenvalue weighted by Crippen LogP contribution is -2.38. The molecule has 2 aromatic carbocycles. The second-order valence-corrected chi connectivity index (χ2v) is 9.28. The number of amides is 2. The van der Waals surface area contributed by atoms with Gasteiger partial charge in [0.25, 0.3) is 0 Å². The van der Waals surface area contributed by atoms with Crippen molar-refractivity contribution >= 4 is 33.6 Å². The van der Waals surface area contributed by atoms with Crippen molar-refractivity contribution in [3.8, 4) is 0 Å². The molecule has 7 heteroatoms. The maximum Gasteiger partial charge on any atom is 0.235 e. The van der Waals surface area contributed by atoms with E-state index in [1.54, 1.807) is 0 Å². The van der Waals surface area contributed by atoms with Crippen LogP contribution in [0.5, 0.6) is 0 Å². The first-order chi connectivity index (χ1) is 14.5. The number of benzene rings is 2. The SMILES string of the molecule is N=C(N)c1ccc([C@@H]2[C@@H]3C(=O)N(Cc4ccc(Br)cc4)C(=O)[C@@H]3[C@H]3CCCN32)cc1. The first-order valence-corrected chi connectivity index (χ1v) is 11.0. The lowest BCUT2D eigenvalue weighted by atomic mass is 9.85. The number of nitrogen functional groups attached to an aromatic ring is 1. The fourth-order valence-corrected chi connectivity index (χ4v) is 5.71. The van der Waals surface area contributed by atoms with Crippen molar-refractivity contribution in [2.75, 3.05) is 6.54 Å². The molecule has 0 aromatic heterocycles. The van der Waals surface area contributed by atoms with Crippen molar-refractivity contribution in [2.45, 2.75) is 31.5 Å². The van der Waals surface area contributed by atoms with Crippen LogP contribution in [0.1, 0.15) is 35.6 Å². The number of fused-ring (bicyclic) bond motifs is 3. The largest absolute Gasteiger partial charge is 0.384 e. The van der Waals surface area contributed by atoms with E-state index in [4.69, 9.17) is 11.1 Å². The Labute approximate surface area is 183 Å². The van der Waals surface area contributed by atoms with Crippen LogP contribution in [-0.4, -0.2) is 40.0 Å². The smallest absolute Gasteiger partial charge is 0.235 e. The van der Waals surface area contributed by atoms with Crippen molar-refractivity contribution < 1.29 is 9.59 Å². The highest BCUT2D eigenvalue weighted by Gasteiger charge is 2.62. The molecule has 0 aliphatic carbocycles. The van der Waals surface area contributed by atoms with Gasteiger partial charge in [0, 0.05) is 22.1 Å². The van der Waals surface area contributed by atoms with Gasteiger partial charge < -0.3 is 5.73 Å². The summed E-state index contributed by atoms with van der Waals surface area (Å²) < 4.78 is 0.970. The zero-order chi connectivity index (χ0) is 21.0. The number of carbonyl (C=O) groups is 2. The number of nitrogens with two attached hydrogens (primary N) is 1. The Kier molecular flexibility index (Phi) is 4.75. The molecule has 2 aromatic rings. The van der Waals surface area contributed by atoms with Gasteiger partial charge in [0.2, 0.25) is 11.8 Å². The molecule has 4 atom stereocenters. The molecule has 3 heterocycles. The molecule has 0 radical (unpaired) electrons. The molecule has 0 bridgehead atoms. The molecule has 6 nitrogen and oxygen atoms in total. The lowest BCUT2D eigenvalue weighted by molar-refractivity contribution is -0.142. The number of nitrogens with one attached hydrogen (secondary N) is 1. The summed E-state index contributed by atoms with van der Waals surface area (Å²) in [6, 6.07) is 15.3. The van der Waals surface area contributed by atoms with Gasteiger partial charge in [-0.05, 0) is 42.6 Å². The maximum atomic E-state index is 13.5. The molecule has 3 fully saturated rings. The molecule has 5 rings (SSSR count). The predicted octanol–water partition coefficient (Wildman–Crippen LogP) is 3.05. The number of carbonyl (C=O) groups excluding carboxylic acids is 2. The molecule has 3 aliphatic rings. The summed E-state index contributed by atoms with van der Waals surface area (Å²) in [5, 5.41) is 7.61. The Balaban J connectivity index is 1.48. The Morgan fingerprint density at radius 1 is 1.03 bits per heavy atom. The summed E-state index contributed by atoms with van der Waals surface area (Å²) >= 11 is 3.43. The summed E-state index contributed by atoms with van der Waals surface area (Å²) in [5.41, 5.74) is 8.23. The standard InChI is InChI=1S/C23H23BrN4O2/c24-16-9-3-13(4-10-16)12-28-22(29)18-17-2-1-11-27(17)20(19(18)23(28)30)14-5-7-15(8-6-14)21(25)26/h3-10,17-20H,1-2,11-12H2,(H3,25,26)/t17-,18-,19-,20-/m1/s1. The van der Waals surface area contributed by atoms with Crippen LogP contribution in [-0.2, 0) is 16.1 Å². The zero-order valence-electron chi connectivity index (χ0n) is 16.4. The van der Waals surface area contributed by atoms with Gasteiger partial charge in [0.1, 0.15) is 5.84 Å². The minimum Gasteiger partial charge on any atom is -0.384 e. The number of nitrogens with zero attached hydrogens (tertiary/aromatic N) is 2. The van der Waals surface area contributed by atoms with Gasteiger partial charge in [-0.3, -0.25) is 24.8 Å². The zero-order valence-corrected chi connectivity index (χ0v) is 18.0. The third-order valence-electron chi connectivity index (χ3n) is 6.76. The molecular formula is C23H23BrN4O2. The number of likely N-dealkylation sites (tertiary alicyclic amines) is 1. The predicted molar refractivity (Wildman–Crippen MR) is 117 cm³/mol. The van der Waals surface area contributed by atoms with Gasteiger partial charge in [-0.15, -0.1) is 0 Å². The van der Waals surface area contributed by atoms with Crippen molar-refractivity contribution in [2.24, 2.45) is 17.6 Å². The van der Waals surface area contributed by atoms with Gasteiger partial charge in [0.05, 0.1) is 18.4 Å². The Hall–Kier alpha value is -2.51. The Bertz CT molecular complexity index is 1020. The second kappa shape index (κ2) is 7.32. The monoisotopic (exact) mass is 466 g/mol. The van der Waals surface area contributed by atoms with E-state index in [2.05, 4.69) is 20.8 Å². The number of halogens is 1. The van der Waals surface area contributed by atoms with Gasteiger partial charge in [-0.1, -0.05) is 52.3 Å². The van der Waals surface area contributed by atoms with Crippen molar-refractivity contribution in [1.29, 1.82) is 5.41 Å². The minimum atomic E-state index is -0.346. The van der Waals surface area contributed by atoms with Crippen LogP contribution in [0.25, 0.3) is 0 Å². The highest BCUT2D eigenvalue weighted by molar-refractivity contribution is 9.10. The van der Waals surface area contributed by atoms with Gasteiger partial charge >= 0.3 is 0 Å². The number of rotatable bonds is 4. The number of imide groups is 1. The van der Waals surface area contributed by atoms with Gasteiger partial charge in [-0.2, -0.15) is 0 Å². The first kappa shape index (κ1) is 19.5. The van der Waals surface area contributed by atoms with E-state index >= 15 is 0 Å². The van der Waals surface area contributed by atoms with Crippen molar-refractivity contribution in [3.05, 3.63) is 69.7 Å². The lowest BCUT2D eigenvalue weighted by Gasteiger charge is -2.29. The van der Waals surface area contributed by atoms with E-state index in [0.29, 0.717) is 12.1 Å². The summed E-state index contributed by atoms with van der Waals surface area (Å²) in [7, 11) is 0. The summed E-state index contributed by atoms with van der Waals surface area (Å²) in [6.45, 7) is 1.23. The molecule has 3 aliphatic heterocycles. The highest BCUT2D eigenvalue weighted by atomic mass is 79.9. The molecule has 3 N–H and O–H groups in total. The molecule has 3 saturated heterocycles. The van der Waals surface area contributed by atoms with Gasteiger partial charge in [0.15, 0.2) is 0 Å². The van der Waals surface area contributed by atoms with Crippen LogP contribution < -0.4 is 5.73 Å². The highest BCUT2D eigenvalue weighted by Crippen LogP contribution is 2.53. The number of amidine groups is 1. The topological polar surface area (TPSA) is 90.5 Å². The normalized spacial score (nSPS) is 28.1. The quantitative estimate of drug-likeness (QED) is 0.411. The van der Waals surface area contributed by atoms with E-state index in [1.807, 2.05) is 48.5 Å². The molecule has 0 spiro atoms. The molecule has 0 saturated carbocycles. The number of hydrogen-bond donors (Lipinski definition) is 2. The molecule has 30 heavy (non-hydrogen) atoms. The van der Waals surface area contributed by atoms with Crippen LogP contribution in [0.4, 0.5) is 0 Å². The third-order valence-corrected chi connectivity index (χ3v) is 7.29.